The van der Waals surface area contributed by atoms with Crippen LogP contribution in [0.5, 0.6) is 0 Å². The summed E-state index contributed by atoms with van der Waals surface area (Å²) in [6.45, 7) is 4.14. The van der Waals surface area contributed by atoms with Crippen LogP contribution in [0.3, 0.4) is 0 Å². The van der Waals surface area contributed by atoms with Gasteiger partial charge in [0.1, 0.15) is 0 Å². The van der Waals surface area contributed by atoms with E-state index in [9.17, 15) is 5.11 Å². The Bertz CT molecular complexity index is 1160. The molecule has 0 bridgehead atoms. The van der Waals surface area contributed by atoms with Crippen molar-refractivity contribution in [1.29, 1.82) is 0 Å². The maximum atomic E-state index is 9.21. The number of para-hydroxylation sites is 1. The second kappa shape index (κ2) is 10.2. The first-order valence-corrected chi connectivity index (χ1v) is 12.4. The van der Waals surface area contributed by atoms with Gasteiger partial charge in [-0.05, 0) is 23.6 Å². The number of nitrogens with one attached hydrogen (secondary N) is 2. The monoisotopic (exact) mass is 480 g/mol. The van der Waals surface area contributed by atoms with E-state index < -0.39 is 0 Å². The summed E-state index contributed by atoms with van der Waals surface area (Å²) in [5.74, 6) is 1.54. The average molecular weight is 481 g/mol. The lowest BCUT2D eigenvalue weighted by Gasteiger charge is -2.34. The van der Waals surface area contributed by atoms with Crippen LogP contribution in [0.15, 0.2) is 54.0 Å². The molecule has 1 aliphatic rings. The number of benzene rings is 1. The van der Waals surface area contributed by atoms with Gasteiger partial charge in [0.05, 0.1) is 11.5 Å². The highest BCUT2D eigenvalue weighted by Gasteiger charge is 2.20. The molecular weight excluding hydrogens is 456 g/mol. The molecular formula is C22H24N8OS2. The Labute approximate surface area is 199 Å². The van der Waals surface area contributed by atoms with E-state index in [1.165, 1.54) is 4.88 Å². The van der Waals surface area contributed by atoms with E-state index in [4.69, 9.17) is 4.98 Å². The van der Waals surface area contributed by atoms with Crippen molar-refractivity contribution in [2.45, 2.75) is 0 Å². The highest BCUT2D eigenvalue weighted by atomic mass is 32.1. The molecule has 4 aromatic rings. The smallest absolute Gasteiger partial charge is 0.235 e. The van der Waals surface area contributed by atoms with Crippen molar-refractivity contribution < 1.29 is 5.11 Å². The van der Waals surface area contributed by atoms with E-state index in [-0.39, 0.29) is 6.61 Å². The zero-order valence-electron chi connectivity index (χ0n) is 17.9. The number of anilines is 5. The minimum absolute atomic E-state index is 0.173. The van der Waals surface area contributed by atoms with E-state index in [0.29, 0.717) is 24.4 Å². The van der Waals surface area contributed by atoms with E-state index >= 15 is 0 Å². The molecule has 1 aromatic carbocycles. The third kappa shape index (κ3) is 5.45. The van der Waals surface area contributed by atoms with Crippen LogP contribution in [-0.2, 0) is 0 Å². The summed E-state index contributed by atoms with van der Waals surface area (Å²) in [5.41, 5.74) is 0.905. The van der Waals surface area contributed by atoms with Crippen LogP contribution < -0.4 is 15.5 Å². The standard InChI is InChI=1S/C22H24N8OS2/c31-13-12-29-8-10-30(11-9-29)21-26-19(24-16-5-2-1-3-6-16)25-20(27-21)28-22-23-15-18(33-22)17-7-4-14-32-17/h1-7,14-15,31H,8-13H2,(H2,23,24,25,26,27,28). The van der Waals surface area contributed by atoms with Crippen molar-refractivity contribution in [1.82, 2.24) is 24.8 Å². The molecule has 3 N–H and O–H groups in total. The molecule has 1 saturated heterocycles. The molecule has 1 fully saturated rings. The predicted octanol–water partition coefficient (Wildman–Crippen LogP) is 3.66. The minimum atomic E-state index is 0.173. The topological polar surface area (TPSA) is 102 Å². The van der Waals surface area contributed by atoms with Gasteiger partial charge in [0.25, 0.3) is 0 Å². The first kappa shape index (κ1) is 21.7. The normalized spacial score (nSPS) is 14.4. The Morgan fingerprint density at radius 3 is 2.39 bits per heavy atom. The van der Waals surface area contributed by atoms with Crippen LogP contribution >= 0.6 is 22.7 Å². The summed E-state index contributed by atoms with van der Waals surface area (Å²) < 4.78 is 0. The Hall–Kier alpha value is -3.12. The lowest BCUT2D eigenvalue weighted by molar-refractivity contribution is 0.188. The molecule has 3 aromatic heterocycles. The number of β-amino-alcohol motifs (C(OH)–C–C–N with tert-alkyl or cyclic N) is 1. The van der Waals surface area contributed by atoms with Crippen LogP contribution in [0.1, 0.15) is 0 Å². The molecule has 5 rings (SSSR count). The second-order valence-corrected chi connectivity index (χ2v) is 9.44. The second-order valence-electron chi connectivity index (χ2n) is 7.46. The Morgan fingerprint density at radius 2 is 1.67 bits per heavy atom. The largest absolute Gasteiger partial charge is 0.395 e. The molecule has 0 radical (unpaired) electrons. The van der Waals surface area contributed by atoms with Crippen molar-refractivity contribution in [3.05, 3.63) is 54.0 Å². The number of rotatable bonds is 8. The maximum Gasteiger partial charge on any atom is 0.235 e. The van der Waals surface area contributed by atoms with Crippen molar-refractivity contribution in [2.24, 2.45) is 0 Å². The van der Waals surface area contributed by atoms with E-state index in [1.54, 1.807) is 22.7 Å². The number of aliphatic hydroxyl groups is 1. The van der Waals surface area contributed by atoms with Crippen LogP contribution in [0.4, 0.5) is 28.7 Å². The highest BCUT2D eigenvalue weighted by Crippen LogP contribution is 2.33. The number of hydrogen-bond donors (Lipinski definition) is 3. The van der Waals surface area contributed by atoms with E-state index in [1.807, 2.05) is 42.6 Å². The third-order valence-electron chi connectivity index (χ3n) is 5.21. The Balaban J connectivity index is 1.39. The maximum absolute atomic E-state index is 9.21. The number of thiophene rings is 1. The quantitative estimate of drug-likeness (QED) is 0.349. The molecule has 33 heavy (non-hydrogen) atoms. The summed E-state index contributed by atoms with van der Waals surface area (Å²) in [4.78, 5) is 25.1. The fraction of sp³-hybridized carbons (Fsp3) is 0.273. The number of aliphatic hydroxyl groups excluding tert-OH is 1. The fourth-order valence-electron chi connectivity index (χ4n) is 3.54. The van der Waals surface area contributed by atoms with Gasteiger partial charge in [-0.2, -0.15) is 15.0 Å². The van der Waals surface area contributed by atoms with Crippen molar-refractivity contribution >= 4 is 51.3 Å². The van der Waals surface area contributed by atoms with E-state index in [2.05, 4.69) is 46.8 Å². The molecule has 0 amide bonds. The number of thiazole rings is 1. The SMILES string of the molecule is OCCN1CCN(c2nc(Nc3ccccc3)nc(Nc3ncc(-c4cccs4)s3)n2)CC1. The molecule has 1 aliphatic heterocycles. The van der Waals surface area contributed by atoms with Gasteiger partial charge in [-0.1, -0.05) is 35.6 Å². The van der Waals surface area contributed by atoms with Gasteiger partial charge in [-0.25, -0.2) is 4.98 Å². The first-order valence-electron chi connectivity index (χ1n) is 10.7. The zero-order chi connectivity index (χ0) is 22.5. The van der Waals surface area contributed by atoms with Crippen LogP contribution in [-0.4, -0.2) is 69.3 Å². The number of nitrogens with zero attached hydrogens (tertiary/aromatic N) is 6. The summed E-state index contributed by atoms with van der Waals surface area (Å²) in [6, 6.07) is 14.0. The molecule has 4 heterocycles. The number of piperazine rings is 1. The van der Waals surface area contributed by atoms with Gasteiger partial charge in [-0.15, -0.1) is 11.3 Å². The van der Waals surface area contributed by atoms with Gasteiger partial charge in [0.2, 0.25) is 17.8 Å². The van der Waals surface area contributed by atoms with Crippen LogP contribution in [0.2, 0.25) is 0 Å². The molecule has 170 valence electrons. The van der Waals surface area contributed by atoms with Crippen molar-refractivity contribution in [3.63, 3.8) is 0 Å². The summed E-state index contributed by atoms with van der Waals surface area (Å²) >= 11 is 3.26. The van der Waals surface area contributed by atoms with E-state index in [0.717, 1.165) is 41.9 Å². The summed E-state index contributed by atoms with van der Waals surface area (Å²) in [6.07, 6.45) is 1.87. The third-order valence-corrected chi connectivity index (χ3v) is 7.19. The van der Waals surface area contributed by atoms with Gasteiger partial charge < -0.3 is 15.3 Å². The van der Waals surface area contributed by atoms with Crippen LogP contribution in [0.25, 0.3) is 9.75 Å². The molecule has 0 atom stereocenters. The Morgan fingerprint density at radius 1 is 0.879 bits per heavy atom. The molecule has 0 saturated carbocycles. The first-order chi connectivity index (χ1) is 16.3. The summed E-state index contributed by atoms with van der Waals surface area (Å²) in [5, 5.41) is 18.5. The van der Waals surface area contributed by atoms with Gasteiger partial charge >= 0.3 is 0 Å². The molecule has 9 nitrogen and oxygen atoms in total. The lowest BCUT2D eigenvalue weighted by Crippen LogP contribution is -2.47. The average Bonchev–Trinajstić information content (AvgIpc) is 3.53. The minimum Gasteiger partial charge on any atom is -0.395 e. The summed E-state index contributed by atoms with van der Waals surface area (Å²) in [7, 11) is 0. The number of aromatic nitrogens is 4. The molecule has 0 aliphatic carbocycles. The highest BCUT2D eigenvalue weighted by molar-refractivity contribution is 7.23. The fourth-order valence-corrected chi connectivity index (χ4v) is 5.17. The zero-order valence-corrected chi connectivity index (χ0v) is 19.5. The van der Waals surface area contributed by atoms with Gasteiger partial charge in [0, 0.05) is 49.5 Å². The lowest BCUT2D eigenvalue weighted by atomic mass is 10.3. The Kier molecular flexibility index (Phi) is 6.72. The van der Waals surface area contributed by atoms with Crippen molar-refractivity contribution in [2.75, 3.05) is 54.9 Å². The van der Waals surface area contributed by atoms with Gasteiger partial charge in [-0.3, -0.25) is 10.2 Å². The van der Waals surface area contributed by atoms with Crippen LogP contribution in [0, 0.1) is 0 Å². The molecule has 11 heteroatoms. The number of hydrogen-bond acceptors (Lipinski definition) is 11. The molecule has 0 spiro atoms. The predicted molar refractivity (Wildman–Crippen MR) is 134 cm³/mol. The van der Waals surface area contributed by atoms with Gasteiger partial charge in [0.15, 0.2) is 5.13 Å². The van der Waals surface area contributed by atoms with Crippen molar-refractivity contribution in [3.8, 4) is 9.75 Å². The molecule has 0 unspecified atom stereocenters.